The van der Waals surface area contributed by atoms with Crippen LogP contribution < -0.4 is 10.9 Å². The number of carbonyl (C=O) groups excluding carboxylic acids is 1. The van der Waals surface area contributed by atoms with Gasteiger partial charge >= 0.3 is 0 Å². The largest absolute Gasteiger partial charge is 0.383 e. The van der Waals surface area contributed by atoms with Gasteiger partial charge in [0.05, 0.1) is 24.3 Å². The lowest BCUT2D eigenvalue weighted by atomic mass is 9.86. The Morgan fingerprint density at radius 1 is 1.36 bits per heavy atom. The van der Waals surface area contributed by atoms with Crippen LogP contribution in [-0.4, -0.2) is 41.0 Å². The Morgan fingerprint density at radius 2 is 2.11 bits per heavy atom. The molecule has 2 aromatic heterocycles. The molecule has 1 aliphatic carbocycles. The maximum absolute atomic E-state index is 13.1. The second kappa shape index (κ2) is 9.41. The number of ether oxygens (including phenoxy) is 1. The standard InChI is InChI=1S/C20H29N3O3S2/c1-12-7-5-6-8-15(12)21-16(24)11-27-20-22-18-17(13(2)14(3)28-18)19(25)23(20)9-10-26-4/h12,15H,5-11H2,1-4H3,(H,21,24)/t12-,15+/m0/s1. The minimum atomic E-state index is -0.0484. The van der Waals surface area contributed by atoms with Gasteiger partial charge in [-0.2, -0.15) is 0 Å². The zero-order valence-electron chi connectivity index (χ0n) is 17.0. The third kappa shape index (κ3) is 4.60. The van der Waals surface area contributed by atoms with Gasteiger partial charge in [-0.05, 0) is 38.2 Å². The number of thioether (sulfide) groups is 1. The van der Waals surface area contributed by atoms with E-state index in [2.05, 4.69) is 12.2 Å². The average Bonchev–Trinajstić information content (AvgIpc) is 2.95. The molecule has 1 amide bonds. The van der Waals surface area contributed by atoms with Crippen LogP contribution in [0.3, 0.4) is 0 Å². The topological polar surface area (TPSA) is 73.2 Å². The van der Waals surface area contributed by atoms with E-state index < -0.39 is 0 Å². The molecule has 0 saturated heterocycles. The van der Waals surface area contributed by atoms with Crippen molar-refractivity contribution in [3.8, 4) is 0 Å². The molecule has 2 atom stereocenters. The smallest absolute Gasteiger partial charge is 0.263 e. The maximum Gasteiger partial charge on any atom is 0.263 e. The van der Waals surface area contributed by atoms with Crippen LogP contribution in [0.4, 0.5) is 0 Å². The van der Waals surface area contributed by atoms with Crippen molar-refractivity contribution in [2.24, 2.45) is 5.92 Å². The highest BCUT2D eigenvalue weighted by Gasteiger charge is 2.23. The highest BCUT2D eigenvalue weighted by Crippen LogP contribution is 2.28. The summed E-state index contributed by atoms with van der Waals surface area (Å²) in [5, 5.41) is 4.44. The van der Waals surface area contributed by atoms with E-state index in [4.69, 9.17) is 9.72 Å². The van der Waals surface area contributed by atoms with Gasteiger partial charge in [-0.1, -0.05) is 31.5 Å². The first kappa shape index (κ1) is 21.3. The molecule has 2 aromatic rings. The molecule has 2 heterocycles. The van der Waals surface area contributed by atoms with E-state index in [1.807, 2.05) is 13.8 Å². The summed E-state index contributed by atoms with van der Waals surface area (Å²) in [5.74, 6) is 0.793. The molecule has 1 saturated carbocycles. The number of hydrogen-bond donors (Lipinski definition) is 1. The van der Waals surface area contributed by atoms with E-state index in [1.165, 1.54) is 42.4 Å². The minimum absolute atomic E-state index is 0.00919. The second-order valence-corrected chi connectivity index (χ2v) is 9.68. The van der Waals surface area contributed by atoms with Crippen LogP contribution in [0.5, 0.6) is 0 Å². The molecular formula is C20H29N3O3S2. The van der Waals surface area contributed by atoms with Gasteiger partial charge in [-0.3, -0.25) is 14.2 Å². The molecule has 0 bridgehead atoms. The summed E-state index contributed by atoms with van der Waals surface area (Å²) < 4.78 is 6.81. The van der Waals surface area contributed by atoms with E-state index >= 15 is 0 Å². The average molecular weight is 424 g/mol. The highest BCUT2D eigenvalue weighted by molar-refractivity contribution is 7.99. The van der Waals surface area contributed by atoms with Gasteiger partial charge in [0.2, 0.25) is 5.91 Å². The first-order valence-corrected chi connectivity index (χ1v) is 11.6. The van der Waals surface area contributed by atoms with Gasteiger partial charge in [0.25, 0.3) is 5.56 Å². The fourth-order valence-corrected chi connectivity index (χ4v) is 5.61. The lowest BCUT2D eigenvalue weighted by Gasteiger charge is -2.29. The summed E-state index contributed by atoms with van der Waals surface area (Å²) in [6, 6.07) is 0.260. The molecule has 154 valence electrons. The normalized spacial score (nSPS) is 19.9. The van der Waals surface area contributed by atoms with Crippen molar-refractivity contribution in [3.05, 3.63) is 20.8 Å². The number of fused-ring (bicyclic) bond motifs is 1. The second-order valence-electron chi connectivity index (χ2n) is 7.53. The van der Waals surface area contributed by atoms with Gasteiger partial charge in [-0.15, -0.1) is 11.3 Å². The Kier molecular flexibility index (Phi) is 7.17. The molecule has 0 aromatic carbocycles. The molecule has 0 spiro atoms. The van der Waals surface area contributed by atoms with E-state index in [1.54, 1.807) is 11.7 Å². The number of nitrogens with zero attached hydrogens (tertiary/aromatic N) is 2. The van der Waals surface area contributed by atoms with Crippen LogP contribution in [0.2, 0.25) is 0 Å². The molecule has 28 heavy (non-hydrogen) atoms. The Balaban J connectivity index is 1.79. The van der Waals surface area contributed by atoms with E-state index in [0.717, 1.165) is 21.7 Å². The first-order chi connectivity index (χ1) is 13.4. The van der Waals surface area contributed by atoms with Crippen LogP contribution in [0.25, 0.3) is 10.2 Å². The number of aromatic nitrogens is 2. The zero-order valence-corrected chi connectivity index (χ0v) is 18.7. The molecule has 6 nitrogen and oxygen atoms in total. The lowest BCUT2D eigenvalue weighted by Crippen LogP contribution is -2.42. The quantitative estimate of drug-likeness (QED) is 0.545. The van der Waals surface area contributed by atoms with Crippen molar-refractivity contribution >= 4 is 39.2 Å². The minimum Gasteiger partial charge on any atom is -0.383 e. The van der Waals surface area contributed by atoms with Crippen molar-refractivity contribution in [2.75, 3.05) is 19.5 Å². The Labute approximate surface area is 174 Å². The number of thiophene rings is 1. The molecule has 1 aliphatic rings. The number of methoxy groups -OCH3 is 1. The van der Waals surface area contributed by atoms with Crippen molar-refractivity contribution < 1.29 is 9.53 Å². The van der Waals surface area contributed by atoms with Crippen LogP contribution >= 0.6 is 23.1 Å². The summed E-state index contributed by atoms with van der Waals surface area (Å²) in [7, 11) is 1.61. The lowest BCUT2D eigenvalue weighted by molar-refractivity contribution is -0.119. The maximum atomic E-state index is 13.1. The molecule has 1 N–H and O–H groups in total. The Hall–Kier alpha value is -1.38. The van der Waals surface area contributed by atoms with Gasteiger partial charge < -0.3 is 10.1 Å². The van der Waals surface area contributed by atoms with Gasteiger partial charge in [-0.25, -0.2) is 4.98 Å². The highest BCUT2D eigenvalue weighted by atomic mass is 32.2. The molecule has 0 radical (unpaired) electrons. The summed E-state index contributed by atoms with van der Waals surface area (Å²) in [5.41, 5.74) is 0.942. The number of carbonyl (C=O) groups is 1. The summed E-state index contributed by atoms with van der Waals surface area (Å²) in [6.07, 6.45) is 4.64. The SMILES string of the molecule is COCCn1c(SCC(=O)N[C@@H]2CCCC[C@@H]2C)nc2sc(C)c(C)c2c1=O. The summed E-state index contributed by atoms with van der Waals surface area (Å²) >= 11 is 2.86. The summed E-state index contributed by atoms with van der Waals surface area (Å²) in [6.45, 7) is 7.02. The number of rotatable bonds is 7. The van der Waals surface area contributed by atoms with Crippen molar-refractivity contribution in [2.45, 2.75) is 64.2 Å². The van der Waals surface area contributed by atoms with E-state index in [0.29, 0.717) is 29.6 Å². The van der Waals surface area contributed by atoms with Crippen LogP contribution in [0.15, 0.2) is 9.95 Å². The summed E-state index contributed by atoms with van der Waals surface area (Å²) in [4.78, 5) is 32.1. The Bertz CT molecular complexity index is 906. The van der Waals surface area contributed by atoms with Crippen LogP contribution in [-0.2, 0) is 16.1 Å². The van der Waals surface area contributed by atoms with Crippen molar-refractivity contribution in [1.82, 2.24) is 14.9 Å². The van der Waals surface area contributed by atoms with Gasteiger partial charge in [0.15, 0.2) is 5.16 Å². The van der Waals surface area contributed by atoms with Gasteiger partial charge in [0.1, 0.15) is 4.83 Å². The number of amides is 1. The van der Waals surface area contributed by atoms with Crippen molar-refractivity contribution in [1.29, 1.82) is 0 Å². The molecule has 1 fully saturated rings. The predicted molar refractivity (Wildman–Crippen MR) is 116 cm³/mol. The number of hydrogen-bond acceptors (Lipinski definition) is 6. The monoisotopic (exact) mass is 423 g/mol. The van der Waals surface area contributed by atoms with E-state index in [9.17, 15) is 9.59 Å². The molecule has 3 rings (SSSR count). The molecule has 0 aliphatic heterocycles. The van der Waals surface area contributed by atoms with Crippen LogP contribution in [0.1, 0.15) is 43.0 Å². The van der Waals surface area contributed by atoms with Crippen molar-refractivity contribution in [3.63, 3.8) is 0 Å². The Morgan fingerprint density at radius 3 is 2.82 bits per heavy atom. The molecule has 0 unspecified atom stereocenters. The van der Waals surface area contributed by atoms with Crippen LogP contribution in [0, 0.1) is 19.8 Å². The molecule has 8 heteroatoms. The first-order valence-electron chi connectivity index (χ1n) is 9.84. The molecular weight excluding hydrogens is 394 g/mol. The fraction of sp³-hybridized carbons (Fsp3) is 0.650. The zero-order chi connectivity index (χ0) is 20.3. The van der Waals surface area contributed by atoms with Gasteiger partial charge in [0, 0.05) is 18.0 Å². The fourth-order valence-electron chi connectivity index (χ4n) is 3.71. The third-order valence-electron chi connectivity index (χ3n) is 5.56. The van der Waals surface area contributed by atoms with E-state index in [-0.39, 0.29) is 23.3 Å². The predicted octanol–water partition coefficient (Wildman–Crippen LogP) is 3.51. The third-order valence-corrected chi connectivity index (χ3v) is 7.64. The number of aryl methyl sites for hydroxylation is 2. The number of nitrogens with one attached hydrogen (secondary N) is 1.